The molecule has 3 heterocycles. The van der Waals surface area contributed by atoms with Crippen LogP contribution in [0, 0.1) is 11.3 Å². The van der Waals surface area contributed by atoms with E-state index < -0.39 is 17.7 Å². The van der Waals surface area contributed by atoms with Crippen LogP contribution in [-0.4, -0.2) is 32.0 Å². The summed E-state index contributed by atoms with van der Waals surface area (Å²) in [7, 11) is 0. The fourth-order valence-electron chi connectivity index (χ4n) is 3.74. The summed E-state index contributed by atoms with van der Waals surface area (Å²) in [5.41, 5.74) is -0.510. The van der Waals surface area contributed by atoms with Crippen LogP contribution < -0.4 is 0 Å². The third kappa shape index (κ3) is 3.44. The minimum atomic E-state index is -4.22. The number of hydrogen-bond donors (Lipinski definition) is 0. The van der Waals surface area contributed by atoms with Gasteiger partial charge in [-0.05, 0) is 25.7 Å². The number of fused-ring (bicyclic) bond motifs is 3. The maximum absolute atomic E-state index is 12.7. The molecule has 1 aliphatic carbocycles. The zero-order chi connectivity index (χ0) is 16.6. The summed E-state index contributed by atoms with van der Waals surface area (Å²) in [4.78, 5) is 0. The van der Waals surface area contributed by atoms with Crippen LogP contribution in [0.2, 0.25) is 0 Å². The van der Waals surface area contributed by atoms with Gasteiger partial charge in [0.25, 0.3) is 5.97 Å². The molecule has 0 amide bonds. The Morgan fingerprint density at radius 3 is 2.26 bits per heavy atom. The van der Waals surface area contributed by atoms with Gasteiger partial charge in [0.05, 0.1) is 19.8 Å². The number of unbranched alkanes of at least 4 members (excludes halogenated alkanes) is 2. The van der Waals surface area contributed by atoms with Gasteiger partial charge in [0.2, 0.25) is 0 Å². The molecule has 0 radical (unpaired) electrons. The van der Waals surface area contributed by atoms with Gasteiger partial charge in [-0.25, -0.2) is 0 Å². The van der Waals surface area contributed by atoms with Crippen molar-refractivity contribution in [3.05, 3.63) is 11.6 Å². The van der Waals surface area contributed by atoms with Crippen molar-refractivity contribution in [2.24, 2.45) is 11.3 Å². The van der Waals surface area contributed by atoms with Gasteiger partial charge in [0.1, 0.15) is 0 Å². The Bertz CT molecular complexity index is 434. The predicted octanol–water partition coefficient (Wildman–Crippen LogP) is 4.57. The lowest BCUT2D eigenvalue weighted by Gasteiger charge is -2.55. The number of rotatable bonds is 5. The minimum Gasteiger partial charge on any atom is -0.326 e. The molecule has 0 N–H and O–H groups in total. The molecule has 0 saturated carbocycles. The Hall–Kier alpha value is -0.590. The molecule has 3 nitrogen and oxygen atoms in total. The lowest BCUT2D eigenvalue weighted by Crippen LogP contribution is -2.63. The lowest BCUT2D eigenvalue weighted by atomic mass is 9.80. The summed E-state index contributed by atoms with van der Waals surface area (Å²) >= 11 is 0. The molecular formula is C17H25F3O3. The van der Waals surface area contributed by atoms with Crippen molar-refractivity contribution in [1.82, 2.24) is 0 Å². The van der Waals surface area contributed by atoms with Gasteiger partial charge in [-0.2, -0.15) is 13.2 Å². The maximum atomic E-state index is 12.7. The van der Waals surface area contributed by atoms with Crippen LogP contribution in [0.4, 0.5) is 13.2 Å². The Balaban J connectivity index is 1.59. The van der Waals surface area contributed by atoms with E-state index in [2.05, 4.69) is 6.92 Å². The standard InChI is InChI=1S/C17H25F3O3/c1-2-3-4-9-15-10-21-17(22-11-15,23-12-15)14-7-5-13(6-8-14)16(18,19)20/h5,14H,2-4,6-12H2,1H3. The molecule has 1 atom stereocenters. The summed E-state index contributed by atoms with van der Waals surface area (Å²) < 4.78 is 55.9. The third-order valence-corrected chi connectivity index (χ3v) is 5.32. The first-order valence-corrected chi connectivity index (χ1v) is 8.57. The fraction of sp³-hybridized carbons (Fsp3) is 0.882. The van der Waals surface area contributed by atoms with Crippen LogP contribution in [0.25, 0.3) is 0 Å². The maximum Gasteiger partial charge on any atom is 0.412 e. The van der Waals surface area contributed by atoms with Crippen molar-refractivity contribution in [3.63, 3.8) is 0 Å². The molecule has 4 aliphatic rings. The van der Waals surface area contributed by atoms with Gasteiger partial charge in [-0.3, -0.25) is 0 Å². The van der Waals surface area contributed by atoms with E-state index in [9.17, 15) is 13.2 Å². The molecular weight excluding hydrogens is 309 g/mol. The van der Waals surface area contributed by atoms with Crippen LogP contribution in [0.5, 0.6) is 0 Å². The van der Waals surface area contributed by atoms with Crippen LogP contribution in [0.3, 0.4) is 0 Å². The topological polar surface area (TPSA) is 27.7 Å². The normalized spacial score (nSPS) is 37.7. The zero-order valence-electron chi connectivity index (χ0n) is 13.6. The van der Waals surface area contributed by atoms with Crippen molar-refractivity contribution in [2.45, 2.75) is 64.0 Å². The van der Waals surface area contributed by atoms with Crippen LogP contribution in [0.1, 0.15) is 51.9 Å². The number of halogens is 3. The lowest BCUT2D eigenvalue weighted by molar-refractivity contribution is -0.487. The summed E-state index contributed by atoms with van der Waals surface area (Å²) in [6.07, 6.45) is 2.22. The summed E-state index contributed by atoms with van der Waals surface area (Å²) in [5.74, 6) is -1.29. The molecule has 0 aromatic carbocycles. The molecule has 3 fully saturated rings. The van der Waals surface area contributed by atoms with Crippen molar-refractivity contribution in [1.29, 1.82) is 0 Å². The summed E-state index contributed by atoms with van der Waals surface area (Å²) in [6, 6.07) is 0. The van der Waals surface area contributed by atoms with E-state index in [1.54, 1.807) is 0 Å². The highest BCUT2D eigenvalue weighted by atomic mass is 19.4. The second kappa shape index (κ2) is 6.37. The quantitative estimate of drug-likeness (QED) is 0.544. The highest BCUT2D eigenvalue weighted by molar-refractivity contribution is 5.13. The number of ether oxygens (including phenoxy) is 3. The Morgan fingerprint density at radius 1 is 1.13 bits per heavy atom. The van der Waals surface area contributed by atoms with Gasteiger partial charge in [0, 0.05) is 16.9 Å². The van der Waals surface area contributed by atoms with E-state index >= 15 is 0 Å². The molecule has 4 rings (SSSR count). The largest absolute Gasteiger partial charge is 0.412 e. The summed E-state index contributed by atoms with van der Waals surface area (Å²) in [5, 5.41) is 0. The van der Waals surface area contributed by atoms with Gasteiger partial charge >= 0.3 is 6.18 Å². The highest BCUT2D eigenvalue weighted by Gasteiger charge is 2.56. The molecule has 0 aromatic heterocycles. The van der Waals surface area contributed by atoms with Crippen LogP contribution >= 0.6 is 0 Å². The van der Waals surface area contributed by atoms with Crippen molar-refractivity contribution in [2.75, 3.05) is 19.8 Å². The summed E-state index contributed by atoms with van der Waals surface area (Å²) in [6.45, 7) is 3.93. The molecule has 0 aromatic rings. The van der Waals surface area contributed by atoms with Gasteiger partial charge < -0.3 is 14.2 Å². The van der Waals surface area contributed by atoms with E-state index in [0.29, 0.717) is 26.2 Å². The number of hydrogen-bond acceptors (Lipinski definition) is 3. The Morgan fingerprint density at radius 2 is 1.78 bits per heavy atom. The number of alkyl halides is 3. The number of allylic oxidation sites excluding steroid dienone is 2. The SMILES string of the molecule is CCCCCC12COC(C3CC=C(C(F)(F)F)CC3)(OC1)OC2. The fourth-order valence-corrected chi connectivity index (χ4v) is 3.74. The average Bonchev–Trinajstić information content (AvgIpc) is 2.56. The van der Waals surface area contributed by atoms with Crippen LogP contribution in [-0.2, 0) is 14.2 Å². The molecule has 1 unspecified atom stereocenters. The van der Waals surface area contributed by atoms with Gasteiger partial charge in [0.15, 0.2) is 0 Å². The smallest absolute Gasteiger partial charge is 0.326 e. The third-order valence-electron chi connectivity index (χ3n) is 5.32. The minimum absolute atomic E-state index is 0.00758. The van der Waals surface area contributed by atoms with Crippen molar-refractivity contribution in [3.8, 4) is 0 Å². The predicted molar refractivity (Wildman–Crippen MR) is 78.6 cm³/mol. The first-order chi connectivity index (χ1) is 10.9. The Kier molecular flexibility index (Phi) is 4.78. The monoisotopic (exact) mass is 334 g/mol. The molecule has 2 bridgehead atoms. The second-order valence-electron chi connectivity index (χ2n) is 7.13. The van der Waals surface area contributed by atoms with Crippen LogP contribution in [0.15, 0.2) is 11.6 Å². The van der Waals surface area contributed by atoms with E-state index in [-0.39, 0.29) is 24.2 Å². The first kappa shape index (κ1) is 17.2. The molecule has 23 heavy (non-hydrogen) atoms. The second-order valence-corrected chi connectivity index (χ2v) is 7.13. The molecule has 6 heteroatoms. The van der Waals surface area contributed by atoms with Crippen molar-refractivity contribution < 1.29 is 27.4 Å². The first-order valence-electron chi connectivity index (χ1n) is 8.57. The van der Waals surface area contributed by atoms with E-state index in [4.69, 9.17) is 14.2 Å². The molecule has 3 saturated heterocycles. The van der Waals surface area contributed by atoms with Gasteiger partial charge in [-0.1, -0.05) is 32.3 Å². The van der Waals surface area contributed by atoms with E-state index in [1.165, 1.54) is 18.9 Å². The van der Waals surface area contributed by atoms with E-state index in [1.807, 2.05) is 0 Å². The molecule has 0 spiro atoms. The Labute approximate surface area is 135 Å². The average molecular weight is 334 g/mol. The molecule has 132 valence electrons. The zero-order valence-corrected chi connectivity index (χ0v) is 13.6. The van der Waals surface area contributed by atoms with E-state index in [0.717, 1.165) is 12.8 Å². The van der Waals surface area contributed by atoms with Gasteiger partial charge in [-0.15, -0.1) is 0 Å². The highest BCUT2D eigenvalue weighted by Crippen LogP contribution is 2.49. The van der Waals surface area contributed by atoms with Crippen molar-refractivity contribution >= 4 is 0 Å². The molecule has 3 aliphatic heterocycles.